The second-order valence-corrected chi connectivity index (χ2v) is 11.3. The second-order valence-electron chi connectivity index (χ2n) is 11.3. The molecule has 2 unspecified atom stereocenters. The van der Waals surface area contributed by atoms with E-state index < -0.39 is 96.2 Å². The van der Waals surface area contributed by atoms with Crippen LogP contribution < -0.4 is 0 Å². The van der Waals surface area contributed by atoms with Gasteiger partial charge in [-0.15, -0.1) is 0 Å². The molecular formula is C26H34F16O4. The molecule has 0 aromatic heterocycles. The molecule has 0 aromatic rings. The Morgan fingerprint density at radius 2 is 0.674 bits per heavy atom. The zero-order chi connectivity index (χ0) is 37.1. The van der Waals surface area contributed by atoms with E-state index >= 15 is 0 Å². The first kappa shape index (κ1) is 43.8. The van der Waals surface area contributed by atoms with Gasteiger partial charge in [0.1, 0.15) is 0 Å². The van der Waals surface area contributed by atoms with Crippen molar-refractivity contribution in [3.63, 3.8) is 0 Å². The van der Waals surface area contributed by atoms with Crippen LogP contribution in [0.4, 0.5) is 70.2 Å². The van der Waals surface area contributed by atoms with Gasteiger partial charge in [0.25, 0.3) is 0 Å². The number of esters is 2. The number of carbonyl (C=O) groups excluding carboxylic acids is 2. The second kappa shape index (κ2) is 14.5. The van der Waals surface area contributed by atoms with Crippen LogP contribution in [0, 0.1) is 23.7 Å². The molecule has 20 heteroatoms. The lowest BCUT2D eigenvalue weighted by Gasteiger charge is -2.43. The fraction of sp³-hybridized carbons (Fsp3) is 0.923. The zero-order valence-corrected chi connectivity index (χ0v) is 25.2. The largest absolute Gasteiger partial charge is 0.459 e. The number of halogens is 16. The van der Waals surface area contributed by atoms with Gasteiger partial charge in [-0.1, -0.05) is 54.4 Å². The molecule has 0 rings (SSSR count). The van der Waals surface area contributed by atoms with E-state index in [4.69, 9.17) is 0 Å². The Labute approximate surface area is 253 Å². The maximum absolute atomic E-state index is 14.2. The summed E-state index contributed by atoms with van der Waals surface area (Å²) in [6.07, 6.45) is 0.00915. The van der Waals surface area contributed by atoms with Crippen LogP contribution in [0.3, 0.4) is 0 Å². The van der Waals surface area contributed by atoms with E-state index in [1.54, 1.807) is 0 Å². The van der Waals surface area contributed by atoms with Gasteiger partial charge in [-0.05, 0) is 24.7 Å². The van der Waals surface area contributed by atoms with E-state index in [1.807, 2.05) is 0 Å². The number of ether oxygens (including phenoxy) is 2. The summed E-state index contributed by atoms with van der Waals surface area (Å²) >= 11 is 0. The van der Waals surface area contributed by atoms with Gasteiger partial charge >= 0.3 is 59.3 Å². The maximum atomic E-state index is 14.2. The fourth-order valence-electron chi connectivity index (χ4n) is 4.04. The molecule has 0 amide bonds. The molecule has 0 bridgehead atoms. The average Bonchev–Trinajstić information content (AvgIpc) is 2.90. The molecule has 0 aromatic carbocycles. The van der Waals surface area contributed by atoms with E-state index in [0.717, 1.165) is 0 Å². The number of hydrogen-bond acceptors (Lipinski definition) is 4. The Bertz CT molecular complexity index is 947. The van der Waals surface area contributed by atoms with Crippen LogP contribution in [-0.4, -0.2) is 72.5 Å². The smallest absolute Gasteiger partial charge is 0.385 e. The lowest BCUT2D eigenvalue weighted by molar-refractivity contribution is -0.454. The molecule has 4 nitrogen and oxygen atoms in total. The van der Waals surface area contributed by atoms with Crippen molar-refractivity contribution in [2.75, 3.05) is 13.2 Å². The van der Waals surface area contributed by atoms with Crippen molar-refractivity contribution < 1.29 is 89.3 Å². The molecule has 0 fully saturated rings. The van der Waals surface area contributed by atoms with Crippen molar-refractivity contribution in [1.29, 1.82) is 0 Å². The lowest BCUT2D eigenvalue weighted by atomic mass is 9.87. The molecule has 0 aliphatic carbocycles. The quantitative estimate of drug-likeness (QED) is 0.0990. The van der Waals surface area contributed by atoms with E-state index in [1.165, 1.54) is 41.5 Å². The van der Waals surface area contributed by atoms with Crippen LogP contribution in [0.1, 0.15) is 67.2 Å². The molecule has 0 radical (unpaired) electrons. The SMILES string of the molecule is CCCC(C(=O)OCC(F)(F)C(F)(F)C(F)(F)C(F)(F)C(F)(F)C(F)(F)C(F)(F)C(F)(F)COC(=O)C(CCC)C(C)C)C(C)C. The average molecular weight is 715 g/mol. The van der Waals surface area contributed by atoms with Crippen LogP contribution in [-0.2, 0) is 19.1 Å². The highest BCUT2D eigenvalue weighted by atomic mass is 19.4. The minimum absolute atomic E-state index is 0.150. The molecule has 2 atom stereocenters. The summed E-state index contributed by atoms with van der Waals surface area (Å²) in [6, 6.07) is 0. The highest BCUT2D eigenvalue weighted by molar-refractivity contribution is 5.73. The van der Waals surface area contributed by atoms with Gasteiger partial charge in [-0.25, -0.2) is 0 Å². The maximum Gasteiger partial charge on any atom is 0.385 e. The van der Waals surface area contributed by atoms with Crippen molar-refractivity contribution in [1.82, 2.24) is 0 Å². The Morgan fingerprint density at radius 3 is 0.870 bits per heavy atom. The summed E-state index contributed by atoms with van der Waals surface area (Å²) in [7, 11) is 0. The Balaban J connectivity index is 6.50. The van der Waals surface area contributed by atoms with Crippen molar-refractivity contribution in [3.8, 4) is 0 Å². The van der Waals surface area contributed by atoms with Gasteiger partial charge in [-0.3, -0.25) is 9.59 Å². The molecule has 0 aliphatic rings. The van der Waals surface area contributed by atoms with Crippen LogP contribution in [0.25, 0.3) is 0 Å². The topological polar surface area (TPSA) is 52.6 Å². The molecule has 46 heavy (non-hydrogen) atoms. The summed E-state index contributed by atoms with van der Waals surface area (Å²) in [5.74, 6) is -70.9. The zero-order valence-electron chi connectivity index (χ0n) is 25.2. The summed E-state index contributed by atoms with van der Waals surface area (Å²) < 4.78 is 234. The molecule has 0 aliphatic heterocycles. The number of alkyl halides is 16. The highest BCUT2D eigenvalue weighted by Gasteiger charge is 2.95. The summed E-state index contributed by atoms with van der Waals surface area (Å²) in [5, 5.41) is 0. The van der Waals surface area contributed by atoms with Gasteiger partial charge in [-0.2, -0.15) is 70.2 Å². The third-order valence-corrected chi connectivity index (χ3v) is 7.10. The standard InChI is InChI=1S/C26H34F16O4/c1-7-9-15(13(3)4)17(43)45-11-19(27,28)21(31,32)23(35,36)25(39,40)26(41,42)24(37,38)22(33,34)20(29,30)12-46-18(44)16(10-8-2)14(5)6/h13-16H,7-12H2,1-6H3. The highest BCUT2D eigenvalue weighted by Crippen LogP contribution is 2.63. The van der Waals surface area contributed by atoms with Crippen LogP contribution >= 0.6 is 0 Å². The molecule has 0 saturated carbocycles. The number of hydrogen-bond donors (Lipinski definition) is 0. The first-order valence-corrected chi connectivity index (χ1v) is 13.7. The van der Waals surface area contributed by atoms with Gasteiger partial charge in [0.15, 0.2) is 13.2 Å². The fourth-order valence-corrected chi connectivity index (χ4v) is 4.04. The summed E-state index contributed by atoms with van der Waals surface area (Å²) in [4.78, 5) is 23.9. The van der Waals surface area contributed by atoms with Crippen molar-refractivity contribution >= 4 is 11.9 Å². The van der Waals surface area contributed by atoms with Crippen molar-refractivity contribution in [3.05, 3.63) is 0 Å². The molecule has 0 heterocycles. The molecule has 0 saturated heterocycles. The Hall–Kier alpha value is -2.18. The van der Waals surface area contributed by atoms with Crippen LogP contribution in [0.5, 0.6) is 0 Å². The van der Waals surface area contributed by atoms with Crippen molar-refractivity contribution in [2.24, 2.45) is 23.7 Å². The van der Waals surface area contributed by atoms with Crippen LogP contribution in [0.2, 0.25) is 0 Å². The normalized spacial score (nSPS) is 16.1. The minimum Gasteiger partial charge on any atom is -0.459 e. The molecule has 0 spiro atoms. The molecule has 274 valence electrons. The summed E-state index contributed by atoms with van der Waals surface area (Å²) in [6.45, 7) is 1.68. The summed E-state index contributed by atoms with van der Waals surface area (Å²) in [5.41, 5.74) is 0. The minimum atomic E-state index is -8.62. The first-order chi connectivity index (χ1) is 20.3. The third-order valence-electron chi connectivity index (χ3n) is 7.10. The van der Waals surface area contributed by atoms with Gasteiger partial charge in [0.05, 0.1) is 11.8 Å². The monoisotopic (exact) mass is 714 g/mol. The van der Waals surface area contributed by atoms with E-state index in [0.29, 0.717) is 0 Å². The van der Waals surface area contributed by atoms with E-state index in [-0.39, 0.29) is 25.7 Å². The predicted molar refractivity (Wildman–Crippen MR) is 128 cm³/mol. The Kier molecular flexibility index (Phi) is 13.8. The molecule has 0 N–H and O–H groups in total. The van der Waals surface area contributed by atoms with E-state index in [9.17, 15) is 79.8 Å². The Morgan fingerprint density at radius 1 is 0.457 bits per heavy atom. The van der Waals surface area contributed by atoms with Gasteiger partial charge in [0.2, 0.25) is 0 Å². The van der Waals surface area contributed by atoms with Crippen molar-refractivity contribution in [2.45, 2.75) is 115 Å². The van der Waals surface area contributed by atoms with Gasteiger partial charge < -0.3 is 9.47 Å². The predicted octanol–water partition coefficient (Wildman–Crippen LogP) is 9.30. The van der Waals surface area contributed by atoms with Gasteiger partial charge in [0, 0.05) is 0 Å². The molecular weight excluding hydrogens is 680 g/mol. The number of rotatable bonds is 19. The first-order valence-electron chi connectivity index (χ1n) is 13.7. The number of carbonyl (C=O) groups is 2. The lowest BCUT2D eigenvalue weighted by Crippen LogP contribution is -2.75. The van der Waals surface area contributed by atoms with E-state index in [2.05, 4.69) is 9.47 Å². The third kappa shape index (κ3) is 7.75. The van der Waals surface area contributed by atoms with Crippen LogP contribution in [0.15, 0.2) is 0 Å².